The third-order valence-electron chi connectivity index (χ3n) is 5.07. The van der Waals surface area contributed by atoms with Gasteiger partial charge in [-0.3, -0.25) is 4.79 Å². The number of sulfonamides is 1. The van der Waals surface area contributed by atoms with Crippen molar-refractivity contribution in [3.8, 4) is 0 Å². The highest BCUT2D eigenvalue weighted by Gasteiger charge is 2.24. The van der Waals surface area contributed by atoms with Crippen LogP contribution >= 0.6 is 0 Å². The summed E-state index contributed by atoms with van der Waals surface area (Å²) < 4.78 is 27.0. The molecular formula is C18H27N3O3S. The lowest BCUT2D eigenvalue weighted by Gasteiger charge is -2.26. The summed E-state index contributed by atoms with van der Waals surface area (Å²) in [6.07, 6.45) is 3.77. The van der Waals surface area contributed by atoms with Gasteiger partial charge in [0.15, 0.2) is 0 Å². The summed E-state index contributed by atoms with van der Waals surface area (Å²) in [5.74, 6) is -0.312. The molecule has 1 saturated carbocycles. The van der Waals surface area contributed by atoms with Crippen LogP contribution in [0.4, 0.5) is 0 Å². The van der Waals surface area contributed by atoms with Gasteiger partial charge >= 0.3 is 0 Å². The first kappa shape index (κ1) is 18.4. The first-order valence-electron chi connectivity index (χ1n) is 8.99. The van der Waals surface area contributed by atoms with E-state index in [-0.39, 0.29) is 6.04 Å². The minimum atomic E-state index is -3.58. The van der Waals surface area contributed by atoms with E-state index in [0.717, 1.165) is 44.3 Å². The predicted octanol–water partition coefficient (Wildman–Crippen LogP) is 1.40. The molecule has 0 atom stereocenters. The van der Waals surface area contributed by atoms with Crippen LogP contribution in [0.1, 0.15) is 49.3 Å². The van der Waals surface area contributed by atoms with Gasteiger partial charge in [-0.2, -0.15) is 0 Å². The van der Waals surface area contributed by atoms with E-state index < -0.39 is 21.7 Å². The van der Waals surface area contributed by atoms with Gasteiger partial charge in [0.1, 0.15) is 5.75 Å². The maximum Gasteiger partial charge on any atom is 0.236 e. The van der Waals surface area contributed by atoms with Crippen LogP contribution in [0.2, 0.25) is 0 Å². The third kappa shape index (κ3) is 5.26. The van der Waals surface area contributed by atoms with Gasteiger partial charge in [0, 0.05) is 25.7 Å². The van der Waals surface area contributed by atoms with E-state index >= 15 is 0 Å². The molecule has 0 bridgehead atoms. The topological polar surface area (TPSA) is 87.3 Å². The molecule has 1 aromatic carbocycles. The molecule has 1 amide bonds. The van der Waals surface area contributed by atoms with Crippen molar-refractivity contribution in [2.75, 3.05) is 5.75 Å². The fraction of sp³-hybridized carbons (Fsp3) is 0.611. The average molecular weight is 365 g/mol. The van der Waals surface area contributed by atoms with Crippen molar-refractivity contribution in [3.63, 3.8) is 0 Å². The molecule has 0 unspecified atom stereocenters. The van der Waals surface area contributed by atoms with Gasteiger partial charge in [-0.25, -0.2) is 13.1 Å². The van der Waals surface area contributed by atoms with Gasteiger partial charge in [-0.15, -0.1) is 0 Å². The van der Waals surface area contributed by atoms with Gasteiger partial charge < -0.3 is 10.6 Å². The maximum atomic E-state index is 12.2. The number of hydrogen-bond donors (Lipinski definition) is 3. The third-order valence-corrected chi connectivity index (χ3v) is 6.41. The Bertz CT molecular complexity index is 725. The molecular weight excluding hydrogens is 338 g/mol. The maximum absolute atomic E-state index is 12.2. The molecule has 0 radical (unpaired) electrons. The summed E-state index contributed by atoms with van der Waals surface area (Å²) in [5.41, 5.74) is 3.51. The van der Waals surface area contributed by atoms with Crippen molar-refractivity contribution < 1.29 is 13.2 Å². The molecule has 3 rings (SSSR count). The van der Waals surface area contributed by atoms with E-state index in [1.807, 2.05) is 6.07 Å². The zero-order valence-electron chi connectivity index (χ0n) is 14.7. The van der Waals surface area contributed by atoms with Gasteiger partial charge in [0.05, 0.1) is 0 Å². The second-order valence-electron chi connectivity index (χ2n) is 7.32. The number of nitrogens with one attached hydrogen (secondary N) is 3. The minimum absolute atomic E-state index is 0.0294. The Morgan fingerprint density at radius 3 is 2.64 bits per heavy atom. The second-order valence-corrected chi connectivity index (χ2v) is 9.07. The number of carbonyl (C=O) groups excluding carboxylic acids is 1. The number of carbonyl (C=O) groups is 1. The van der Waals surface area contributed by atoms with E-state index in [2.05, 4.69) is 34.4 Å². The number of hydrogen-bond acceptors (Lipinski definition) is 4. The van der Waals surface area contributed by atoms with Gasteiger partial charge in [-0.05, 0) is 48.3 Å². The number of amides is 1. The molecule has 2 aliphatic rings. The molecule has 25 heavy (non-hydrogen) atoms. The highest BCUT2D eigenvalue weighted by Crippen LogP contribution is 2.23. The lowest BCUT2D eigenvalue weighted by atomic mass is 9.88. The summed E-state index contributed by atoms with van der Waals surface area (Å²) in [7, 11) is -3.58. The van der Waals surface area contributed by atoms with Crippen molar-refractivity contribution >= 4 is 15.9 Å². The van der Waals surface area contributed by atoms with Crippen LogP contribution in [0.25, 0.3) is 0 Å². The lowest BCUT2D eigenvalue weighted by Crippen LogP contribution is -2.42. The molecule has 1 aliphatic heterocycles. The zero-order valence-corrected chi connectivity index (χ0v) is 15.5. The zero-order chi connectivity index (χ0) is 17.9. The Labute approximate surface area is 149 Å². The van der Waals surface area contributed by atoms with Gasteiger partial charge in [0.2, 0.25) is 15.9 Å². The molecule has 0 saturated heterocycles. The summed E-state index contributed by atoms with van der Waals surface area (Å²) >= 11 is 0. The summed E-state index contributed by atoms with van der Waals surface area (Å²) in [6.45, 7) is 4.26. The Hall–Kier alpha value is -1.44. The van der Waals surface area contributed by atoms with Crippen molar-refractivity contribution in [2.45, 2.75) is 58.3 Å². The van der Waals surface area contributed by atoms with Crippen molar-refractivity contribution in [2.24, 2.45) is 5.92 Å². The second kappa shape index (κ2) is 7.85. The van der Waals surface area contributed by atoms with Crippen molar-refractivity contribution in [1.82, 2.24) is 15.4 Å². The smallest absolute Gasteiger partial charge is 0.236 e. The molecule has 1 aliphatic carbocycles. The lowest BCUT2D eigenvalue weighted by molar-refractivity contribution is -0.118. The van der Waals surface area contributed by atoms with Crippen LogP contribution in [0, 0.1) is 5.92 Å². The molecule has 1 heterocycles. The van der Waals surface area contributed by atoms with Crippen LogP contribution in [0.5, 0.6) is 0 Å². The van der Waals surface area contributed by atoms with Crippen molar-refractivity contribution in [1.29, 1.82) is 0 Å². The largest absolute Gasteiger partial charge is 0.351 e. The SMILES string of the molecule is CC1CCC(NS(=O)(=O)CC(=O)NCc2ccc3c(c2)CNC3)CC1. The molecule has 1 fully saturated rings. The molecule has 0 aromatic heterocycles. The summed E-state index contributed by atoms with van der Waals surface area (Å²) in [6, 6.07) is 6.06. The number of benzene rings is 1. The monoisotopic (exact) mass is 365 g/mol. The predicted molar refractivity (Wildman–Crippen MR) is 97.2 cm³/mol. The van der Waals surface area contributed by atoms with Gasteiger partial charge in [0.25, 0.3) is 0 Å². The molecule has 0 spiro atoms. The number of rotatable bonds is 6. The number of fused-ring (bicyclic) bond motifs is 1. The van der Waals surface area contributed by atoms with Crippen LogP contribution in [-0.2, 0) is 34.5 Å². The van der Waals surface area contributed by atoms with Crippen LogP contribution in [0.3, 0.4) is 0 Å². The fourth-order valence-electron chi connectivity index (χ4n) is 3.56. The van der Waals surface area contributed by atoms with E-state index in [0.29, 0.717) is 12.5 Å². The van der Waals surface area contributed by atoms with Crippen molar-refractivity contribution in [3.05, 3.63) is 34.9 Å². The Morgan fingerprint density at radius 2 is 1.88 bits per heavy atom. The van der Waals surface area contributed by atoms with Crippen LogP contribution in [0.15, 0.2) is 18.2 Å². The molecule has 138 valence electrons. The highest BCUT2D eigenvalue weighted by atomic mass is 32.2. The molecule has 6 nitrogen and oxygen atoms in total. The van der Waals surface area contributed by atoms with E-state index in [1.165, 1.54) is 11.1 Å². The summed E-state index contributed by atoms with van der Waals surface area (Å²) in [4.78, 5) is 12.0. The normalized spacial score (nSPS) is 23.2. The molecule has 7 heteroatoms. The Balaban J connectivity index is 1.46. The first-order chi connectivity index (χ1) is 11.9. The highest BCUT2D eigenvalue weighted by molar-refractivity contribution is 7.90. The quantitative estimate of drug-likeness (QED) is 0.711. The fourth-order valence-corrected chi connectivity index (χ4v) is 4.83. The first-order valence-corrected chi connectivity index (χ1v) is 10.6. The average Bonchev–Trinajstić information content (AvgIpc) is 3.02. The minimum Gasteiger partial charge on any atom is -0.351 e. The summed E-state index contributed by atoms with van der Waals surface area (Å²) in [5, 5.41) is 5.99. The standard InChI is InChI=1S/C18H27N3O3S/c1-13-2-6-17(7-3-13)21-25(23,24)12-18(22)20-9-14-4-5-15-10-19-11-16(15)8-14/h4-5,8,13,17,19,21H,2-3,6-7,9-12H2,1H3,(H,20,22). The van der Waals surface area contributed by atoms with Crippen LogP contribution < -0.4 is 15.4 Å². The van der Waals surface area contributed by atoms with Gasteiger partial charge in [-0.1, -0.05) is 25.1 Å². The molecule has 3 N–H and O–H groups in total. The van der Waals surface area contributed by atoms with E-state index in [1.54, 1.807) is 0 Å². The molecule has 1 aromatic rings. The Kier molecular flexibility index (Phi) is 5.76. The van der Waals surface area contributed by atoms with Crippen LogP contribution in [-0.4, -0.2) is 26.1 Å². The Morgan fingerprint density at radius 1 is 1.16 bits per heavy atom. The van der Waals surface area contributed by atoms with E-state index in [4.69, 9.17) is 0 Å². The van der Waals surface area contributed by atoms with E-state index in [9.17, 15) is 13.2 Å².